The lowest BCUT2D eigenvalue weighted by atomic mass is 10.00. The van der Waals surface area contributed by atoms with Gasteiger partial charge in [-0.25, -0.2) is 5.10 Å². The van der Waals surface area contributed by atoms with E-state index < -0.39 is 0 Å². The lowest BCUT2D eigenvalue weighted by Gasteiger charge is -2.22. The number of H-pyrrole nitrogens is 1. The molecule has 1 amide bonds. The van der Waals surface area contributed by atoms with Gasteiger partial charge in [0.25, 0.3) is 11.5 Å². The first kappa shape index (κ1) is 13.8. The van der Waals surface area contributed by atoms with E-state index in [9.17, 15) is 9.59 Å². The fourth-order valence-electron chi connectivity index (χ4n) is 2.71. The minimum Gasteiger partial charge on any atom is -0.350 e. The Kier molecular flexibility index (Phi) is 3.96. The smallest absolute Gasteiger partial charge is 0.272 e. The molecule has 2 heterocycles. The summed E-state index contributed by atoms with van der Waals surface area (Å²) in [6.45, 7) is 2.61. The maximum absolute atomic E-state index is 12.3. The number of amides is 1. The molecule has 0 radical (unpaired) electrons. The van der Waals surface area contributed by atoms with Crippen LogP contribution in [0.2, 0.25) is 0 Å². The van der Waals surface area contributed by atoms with Crippen molar-refractivity contribution in [3.63, 3.8) is 0 Å². The first-order chi connectivity index (χ1) is 10.3. The number of carbonyl (C=O) groups excluding carboxylic acids is 1. The standard InChI is InChI=1S/C15H18N4O2/c20-14-12-6-2-1-5-11(12)13(18-19-14)15(21)17-9-10-4-3-7-16-8-10/h1-2,5-6,10,16H,3-4,7-9H2,(H,17,21)(H,19,20). The van der Waals surface area contributed by atoms with Gasteiger partial charge in [0.15, 0.2) is 5.69 Å². The zero-order valence-electron chi connectivity index (χ0n) is 11.7. The van der Waals surface area contributed by atoms with Gasteiger partial charge in [-0.15, -0.1) is 0 Å². The number of rotatable bonds is 3. The molecule has 0 aliphatic carbocycles. The molecule has 1 saturated heterocycles. The molecule has 1 aliphatic rings. The Morgan fingerprint density at radius 1 is 1.33 bits per heavy atom. The highest BCUT2D eigenvalue weighted by molar-refractivity contribution is 6.04. The molecule has 1 aromatic heterocycles. The van der Waals surface area contributed by atoms with Gasteiger partial charge in [0.05, 0.1) is 5.39 Å². The summed E-state index contributed by atoms with van der Waals surface area (Å²) in [7, 11) is 0. The molecule has 6 nitrogen and oxygen atoms in total. The molecular formula is C15H18N4O2. The summed E-state index contributed by atoms with van der Waals surface area (Å²) in [4.78, 5) is 24.0. The predicted octanol–water partition coefficient (Wildman–Crippen LogP) is 0.653. The van der Waals surface area contributed by atoms with Crippen molar-refractivity contribution in [3.8, 4) is 0 Å². The number of hydrogen-bond acceptors (Lipinski definition) is 4. The van der Waals surface area contributed by atoms with E-state index in [2.05, 4.69) is 20.8 Å². The second-order valence-corrected chi connectivity index (χ2v) is 5.37. The summed E-state index contributed by atoms with van der Waals surface area (Å²) in [5, 5.41) is 13.6. The minimum absolute atomic E-state index is 0.243. The lowest BCUT2D eigenvalue weighted by molar-refractivity contribution is 0.0940. The topological polar surface area (TPSA) is 86.9 Å². The number of benzene rings is 1. The molecule has 1 fully saturated rings. The normalized spacial score (nSPS) is 18.6. The quantitative estimate of drug-likeness (QED) is 0.773. The molecule has 1 atom stereocenters. The van der Waals surface area contributed by atoms with Gasteiger partial charge in [0, 0.05) is 11.9 Å². The molecule has 6 heteroatoms. The molecule has 0 saturated carbocycles. The highest BCUT2D eigenvalue weighted by Gasteiger charge is 2.17. The molecule has 0 spiro atoms. The average Bonchev–Trinajstić information content (AvgIpc) is 2.54. The molecule has 3 rings (SSSR count). The molecule has 3 N–H and O–H groups in total. The van der Waals surface area contributed by atoms with Crippen molar-refractivity contribution >= 4 is 16.7 Å². The summed E-state index contributed by atoms with van der Waals surface area (Å²) >= 11 is 0. The largest absolute Gasteiger partial charge is 0.350 e. The van der Waals surface area contributed by atoms with Crippen molar-refractivity contribution in [1.29, 1.82) is 0 Å². The van der Waals surface area contributed by atoms with Crippen LogP contribution in [0.3, 0.4) is 0 Å². The SMILES string of the molecule is O=C(NCC1CCCNC1)c1n[nH]c(=O)c2ccccc12. The van der Waals surface area contributed by atoms with E-state index in [1.54, 1.807) is 24.3 Å². The third-order valence-corrected chi connectivity index (χ3v) is 3.86. The first-order valence-corrected chi connectivity index (χ1v) is 7.22. The Morgan fingerprint density at radius 3 is 2.90 bits per heavy atom. The van der Waals surface area contributed by atoms with E-state index in [1.807, 2.05) is 0 Å². The summed E-state index contributed by atoms with van der Waals surface area (Å²) in [6, 6.07) is 7.00. The van der Waals surface area contributed by atoms with Gasteiger partial charge < -0.3 is 10.6 Å². The van der Waals surface area contributed by atoms with Crippen molar-refractivity contribution in [3.05, 3.63) is 40.3 Å². The summed E-state index contributed by atoms with van der Waals surface area (Å²) < 4.78 is 0. The van der Waals surface area contributed by atoms with Gasteiger partial charge in [0.1, 0.15) is 0 Å². The van der Waals surface area contributed by atoms with Crippen LogP contribution in [0.25, 0.3) is 10.8 Å². The van der Waals surface area contributed by atoms with Crippen molar-refractivity contribution in [2.45, 2.75) is 12.8 Å². The summed E-state index contributed by atoms with van der Waals surface area (Å²) in [6.07, 6.45) is 2.26. The van der Waals surface area contributed by atoms with E-state index in [0.29, 0.717) is 23.2 Å². The maximum Gasteiger partial charge on any atom is 0.272 e. The van der Waals surface area contributed by atoms with Crippen molar-refractivity contribution in [2.75, 3.05) is 19.6 Å². The molecule has 2 aromatic rings. The highest BCUT2D eigenvalue weighted by Crippen LogP contribution is 2.13. The second kappa shape index (κ2) is 6.05. The minimum atomic E-state index is -0.279. The van der Waals surface area contributed by atoms with Gasteiger partial charge in [-0.05, 0) is 37.9 Å². The Morgan fingerprint density at radius 2 is 2.14 bits per heavy atom. The van der Waals surface area contributed by atoms with E-state index >= 15 is 0 Å². The van der Waals surface area contributed by atoms with Crippen molar-refractivity contribution in [1.82, 2.24) is 20.8 Å². The average molecular weight is 286 g/mol. The number of nitrogens with one attached hydrogen (secondary N) is 3. The molecular weight excluding hydrogens is 268 g/mol. The molecule has 0 bridgehead atoms. The highest BCUT2D eigenvalue weighted by atomic mass is 16.2. The van der Waals surface area contributed by atoms with Gasteiger partial charge in [-0.1, -0.05) is 18.2 Å². The number of fused-ring (bicyclic) bond motifs is 1. The Labute approximate surface area is 121 Å². The van der Waals surface area contributed by atoms with Crippen LogP contribution < -0.4 is 16.2 Å². The molecule has 1 aromatic carbocycles. The number of hydrogen-bond donors (Lipinski definition) is 3. The number of aromatic nitrogens is 2. The van der Waals surface area contributed by atoms with Crippen LogP contribution >= 0.6 is 0 Å². The van der Waals surface area contributed by atoms with Crippen LogP contribution in [-0.2, 0) is 0 Å². The molecule has 21 heavy (non-hydrogen) atoms. The number of piperidine rings is 1. The molecule has 1 aliphatic heterocycles. The maximum atomic E-state index is 12.3. The summed E-state index contributed by atoms with van der Waals surface area (Å²) in [5.41, 5.74) is -0.00685. The zero-order chi connectivity index (χ0) is 14.7. The fourth-order valence-corrected chi connectivity index (χ4v) is 2.71. The van der Waals surface area contributed by atoms with Crippen LogP contribution in [-0.4, -0.2) is 35.7 Å². The fraction of sp³-hybridized carbons (Fsp3) is 0.400. The van der Waals surface area contributed by atoms with Crippen LogP contribution in [0.4, 0.5) is 0 Å². The zero-order valence-corrected chi connectivity index (χ0v) is 11.7. The van der Waals surface area contributed by atoms with Gasteiger partial charge in [-0.3, -0.25) is 9.59 Å². The van der Waals surface area contributed by atoms with Crippen LogP contribution in [0, 0.1) is 5.92 Å². The van der Waals surface area contributed by atoms with Crippen molar-refractivity contribution in [2.24, 2.45) is 5.92 Å². The molecule has 1 unspecified atom stereocenters. The third kappa shape index (κ3) is 2.95. The van der Waals surface area contributed by atoms with Crippen molar-refractivity contribution < 1.29 is 4.79 Å². The third-order valence-electron chi connectivity index (χ3n) is 3.86. The first-order valence-electron chi connectivity index (χ1n) is 7.22. The Balaban J connectivity index is 1.78. The van der Waals surface area contributed by atoms with Gasteiger partial charge >= 0.3 is 0 Å². The lowest BCUT2D eigenvalue weighted by Crippen LogP contribution is -2.38. The van der Waals surface area contributed by atoms with E-state index in [-0.39, 0.29) is 17.2 Å². The second-order valence-electron chi connectivity index (χ2n) is 5.37. The summed E-state index contributed by atoms with van der Waals surface area (Å²) in [5.74, 6) is 0.213. The van der Waals surface area contributed by atoms with Crippen LogP contribution in [0.5, 0.6) is 0 Å². The van der Waals surface area contributed by atoms with Crippen LogP contribution in [0.1, 0.15) is 23.3 Å². The van der Waals surface area contributed by atoms with Gasteiger partial charge in [0.2, 0.25) is 0 Å². The Hall–Kier alpha value is -2.21. The molecule has 110 valence electrons. The van der Waals surface area contributed by atoms with Crippen LogP contribution in [0.15, 0.2) is 29.1 Å². The van der Waals surface area contributed by atoms with E-state index in [0.717, 1.165) is 25.9 Å². The predicted molar refractivity (Wildman–Crippen MR) is 80.3 cm³/mol. The monoisotopic (exact) mass is 286 g/mol. The number of nitrogens with zero attached hydrogens (tertiary/aromatic N) is 1. The van der Waals surface area contributed by atoms with E-state index in [1.165, 1.54) is 0 Å². The number of aromatic amines is 1. The number of carbonyl (C=O) groups is 1. The Bertz CT molecular complexity index is 704. The van der Waals surface area contributed by atoms with Gasteiger partial charge in [-0.2, -0.15) is 5.10 Å². The van der Waals surface area contributed by atoms with E-state index in [4.69, 9.17) is 0 Å².